The molecule has 6 nitrogen and oxygen atoms in total. The number of carbonyl (C=O) groups is 1. The fourth-order valence-corrected chi connectivity index (χ4v) is 5.28. The molecule has 0 bridgehead atoms. The van der Waals surface area contributed by atoms with Gasteiger partial charge in [0.1, 0.15) is 5.75 Å². The number of nitrogens with one attached hydrogen (secondary N) is 2. The van der Waals surface area contributed by atoms with Crippen LogP contribution in [0.3, 0.4) is 0 Å². The van der Waals surface area contributed by atoms with E-state index in [1.54, 1.807) is 0 Å². The number of benzene rings is 3. The first-order valence-corrected chi connectivity index (χ1v) is 13.6. The van der Waals surface area contributed by atoms with Gasteiger partial charge in [-0.2, -0.15) is 0 Å². The summed E-state index contributed by atoms with van der Waals surface area (Å²) in [5, 5.41) is 7.27. The number of para-hydroxylation sites is 2. The Labute approximate surface area is 225 Å². The Hall–Kier alpha value is -3.93. The van der Waals surface area contributed by atoms with Crippen LogP contribution in [-0.2, 0) is 4.79 Å². The largest absolute Gasteiger partial charge is 0.494 e. The molecule has 0 saturated carbocycles. The molecule has 198 valence electrons. The van der Waals surface area contributed by atoms with Gasteiger partial charge in [0, 0.05) is 17.7 Å². The number of fused-ring (bicyclic) bond motifs is 1. The lowest BCUT2D eigenvalue weighted by atomic mass is 9.78. The first-order chi connectivity index (χ1) is 18.6. The van der Waals surface area contributed by atoms with Crippen LogP contribution in [0.4, 0.5) is 11.4 Å². The zero-order valence-electron chi connectivity index (χ0n) is 22.4. The normalized spacial score (nSPS) is 18.4. The van der Waals surface area contributed by atoms with E-state index in [1.807, 2.05) is 68.4 Å². The second-order valence-corrected chi connectivity index (χ2v) is 9.66. The fourth-order valence-electron chi connectivity index (χ4n) is 5.28. The van der Waals surface area contributed by atoms with Crippen LogP contribution in [0.25, 0.3) is 0 Å². The van der Waals surface area contributed by atoms with Crippen LogP contribution in [0.5, 0.6) is 17.2 Å². The molecule has 0 aromatic heterocycles. The van der Waals surface area contributed by atoms with Crippen molar-refractivity contribution in [3.63, 3.8) is 0 Å². The van der Waals surface area contributed by atoms with Gasteiger partial charge in [0.25, 0.3) is 0 Å². The van der Waals surface area contributed by atoms with Gasteiger partial charge in [-0.05, 0) is 80.1 Å². The van der Waals surface area contributed by atoms with Crippen LogP contribution < -0.4 is 24.8 Å². The average Bonchev–Trinajstić information content (AvgIpc) is 3.10. The molecule has 0 radical (unpaired) electrons. The predicted octanol–water partition coefficient (Wildman–Crippen LogP) is 7.25. The molecule has 3 aromatic carbocycles. The van der Waals surface area contributed by atoms with E-state index in [0.29, 0.717) is 37.7 Å². The Morgan fingerprint density at radius 1 is 0.789 bits per heavy atom. The average molecular weight is 513 g/mol. The van der Waals surface area contributed by atoms with Crippen molar-refractivity contribution in [2.24, 2.45) is 0 Å². The molecule has 0 spiro atoms. The molecule has 1 heterocycles. The summed E-state index contributed by atoms with van der Waals surface area (Å²) in [5.41, 5.74) is 5.79. The van der Waals surface area contributed by atoms with Crippen molar-refractivity contribution in [1.82, 2.24) is 0 Å². The quantitative estimate of drug-likeness (QED) is 0.315. The highest BCUT2D eigenvalue weighted by molar-refractivity contribution is 6.01. The van der Waals surface area contributed by atoms with Gasteiger partial charge in [-0.15, -0.1) is 0 Å². The second kappa shape index (κ2) is 11.6. The Kier molecular flexibility index (Phi) is 7.87. The maximum atomic E-state index is 13.9. The van der Waals surface area contributed by atoms with Crippen molar-refractivity contribution in [2.75, 3.05) is 30.5 Å². The molecule has 1 aliphatic carbocycles. The van der Waals surface area contributed by atoms with Gasteiger partial charge in [-0.1, -0.05) is 37.3 Å². The van der Waals surface area contributed by atoms with E-state index >= 15 is 0 Å². The highest BCUT2D eigenvalue weighted by atomic mass is 16.5. The number of ketones is 1. The molecule has 3 aromatic rings. The summed E-state index contributed by atoms with van der Waals surface area (Å²) in [4.78, 5) is 13.9. The minimum absolute atomic E-state index is 0.0965. The SMILES string of the molecule is CCCOc1ccc(C2CC(=O)C3=C(C2)Nc2ccccc2NC3c2ccc(OCC)c(OCC)c2)cc1. The van der Waals surface area contributed by atoms with Crippen molar-refractivity contribution in [2.45, 2.75) is 52.0 Å². The highest BCUT2D eigenvalue weighted by Crippen LogP contribution is 2.45. The van der Waals surface area contributed by atoms with Crippen LogP contribution in [0, 0.1) is 0 Å². The van der Waals surface area contributed by atoms with E-state index in [1.165, 1.54) is 0 Å². The third-order valence-corrected chi connectivity index (χ3v) is 7.03. The van der Waals surface area contributed by atoms with Crippen molar-refractivity contribution in [3.8, 4) is 17.2 Å². The van der Waals surface area contributed by atoms with Crippen molar-refractivity contribution in [1.29, 1.82) is 0 Å². The lowest BCUT2D eigenvalue weighted by molar-refractivity contribution is -0.116. The van der Waals surface area contributed by atoms with E-state index in [-0.39, 0.29) is 17.7 Å². The van der Waals surface area contributed by atoms with Crippen LogP contribution in [0.2, 0.25) is 0 Å². The minimum Gasteiger partial charge on any atom is -0.494 e. The summed E-state index contributed by atoms with van der Waals surface area (Å²) in [5.74, 6) is 2.50. The summed E-state index contributed by atoms with van der Waals surface area (Å²) >= 11 is 0. The standard InChI is InChI=1S/C32H36N2O4/c1-4-17-38-24-14-11-21(12-15-24)23-18-27-31(28(35)19-23)32(34-26-10-8-7-9-25(26)33-27)22-13-16-29(36-5-2)30(20-22)37-6-3/h7-16,20,23,32-34H,4-6,17-19H2,1-3H3. The molecule has 2 atom stereocenters. The van der Waals surface area contributed by atoms with Crippen molar-refractivity contribution < 1.29 is 19.0 Å². The number of rotatable bonds is 9. The third kappa shape index (κ3) is 5.35. The number of hydrogen-bond acceptors (Lipinski definition) is 6. The Balaban J connectivity index is 1.52. The smallest absolute Gasteiger partial charge is 0.163 e. The lowest BCUT2D eigenvalue weighted by Crippen LogP contribution is -2.27. The van der Waals surface area contributed by atoms with E-state index in [4.69, 9.17) is 14.2 Å². The molecular weight excluding hydrogens is 476 g/mol. The van der Waals surface area contributed by atoms with Crippen LogP contribution in [0.1, 0.15) is 63.1 Å². The number of carbonyl (C=O) groups excluding carboxylic acids is 1. The molecule has 0 fully saturated rings. The zero-order valence-corrected chi connectivity index (χ0v) is 22.4. The monoisotopic (exact) mass is 512 g/mol. The third-order valence-electron chi connectivity index (χ3n) is 7.03. The molecule has 1 aliphatic heterocycles. The number of allylic oxidation sites excluding steroid dienone is 1. The van der Waals surface area contributed by atoms with E-state index < -0.39 is 0 Å². The van der Waals surface area contributed by atoms with E-state index in [9.17, 15) is 4.79 Å². The Morgan fingerprint density at radius 3 is 2.24 bits per heavy atom. The summed E-state index contributed by atoms with van der Waals surface area (Å²) in [6, 6.07) is 22.0. The molecule has 2 aliphatic rings. The maximum Gasteiger partial charge on any atom is 0.163 e. The summed E-state index contributed by atoms with van der Waals surface area (Å²) in [7, 11) is 0. The molecule has 38 heavy (non-hydrogen) atoms. The molecule has 6 heteroatoms. The van der Waals surface area contributed by atoms with Gasteiger partial charge >= 0.3 is 0 Å². The van der Waals surface area contributed by atoms with Gasteiger partial charge < -0.3 is 24.8 Å². The van der Waals surface area contributed by atoms with Gasteiger partial charge in [-0.3, -0.25) is 4.79 Å². The Bertz CT molecular complexity index is 1320. The molecule has 0 amide bonds. The predicted molar refractivity (Wildman–Crippen MR) is 151 cm³/mol. The summed E-state index contributed by atoms with van der Waals surface area (Å²) < 4.78 is 17.5. The number of hydrogen-bond donors (Lipinski definition) is 2. The Morgan fingerprint density at radius 2 is 1.50 bits per heavy atom. The molecular formula is C32H36N2O4. The van der Waals surface area contributed by atoms with Gasteiger partial charge in [-0.25, -0.2) is 0 Å². The van der Waals surface area contributed by atoms with Crippen LogP contribution in [0.15, 0.2) is 78.0 Å². The maximum absolute atomic E-state index is 13.9. The van der Waals surface area contributed by atoms with Crippen molar-refractivity contribution >= 4 is 17.2 Å². The summed E-state index contributed by atoms with van der Waals surface area (Å²) in [6.07, 6.45) is 2.18. The topological polar surface area (TPSA) is 68.8 Å². The zero-order chi connectivity index (χ0) is 26.5. The van der Waals surface area contributed by atoms with Crippen LogP contribution >= 0.6 is 0 Å². The van der Waals surface area contributed by atoms with Gasteiger partial charge in [0.2, 0.25) is 0 Å². The first-order valence-electron chi connectivity index (χ1n) is 13.6. The van der Waals surface area contributed by atoms with E-state index in [2.05, 4.69) is 29.7 Å². The van der Waals surface area contributed by atoms with Crippen LogP contribution in [-0.4, -0.2) is 25.6 Å². The molecule has 5 rings (SSSR count). The number of anilines is 2. The molecule has 2 unspecified atom stereocenters. The lowest BCUT2D eigenvalue weighted by Gasteiger charge is -2.30. The van der Waals surface area contributed by atoms with Crippen molar-refractivity contribution in [3.05, 3.63) is 89.1 Å². The summed E-state index contributed by atoms with van der Waals surface area (Å²) in [6.45, 7) is 7.80. The van der Waals surface area contributed by atoms with Gasteiger partial charge in [0.05, 0.1) is 37.2 Å². The van der Waals surface area contributed by atoms with Gasteiger partial charge in [0.15, 0.2) is 17.3 Å². The highest BCUT2D eigenvalue weighted by Gasteiger charge is 2.36. The van der Waals surface area contributed by atoms with E-state index in [0.717, 1.165) is 52.4 Å². The molecule has 0 saturated heterocycles. The fraction of sp³-hybridized carbons (Fsp3) is 0.344. The molecule has 2 N–H and O–H groups in total. The second-order valence-electron chi connectivity index (χ2n) is 9.66. The first kappa shape index (κ1) is 25.7. The number of Topliss-reactive ketones (excluding diaryl/α,β-unsaturated/α-hetero) is 1. The number of ether oxygens (including phenoxy) is 3. The minimum atomic E-state index is -0.311.